The van der Waals surface area contributed by atoms with Gasteiger partial charge in [0.2, 0.25) is 0 Å². The molecular formula is C12H20N2O2. The fourth-order valence-electron chi connectivity index (χ4n) is 1.46. The van der Waals surface area contributed by atoms with Gasteiger partial charge >= 0.3 is 0 Å². The Bertz CT molecular complexity index is 363. The number of aryl methyl sites for hydroxylation is 1. The molecule has 16 heavy (non-hydrogen) atoms. The monoisotopic (exact) mass is 224 g/mol. The van der Waals surface area contributed by atoms with Crippen LogP contribution in [0, 0.1) is 12.3 Å². The average molecular weight is 224 g/mol. The lowest BCUT2D eigenvalue weighted by molar-refractivity contribution is 0.0876. The smallest absolute Gasteiger partial charge is 0.287 e. The second-order valence-corrected chi connectivity index (χ2v) is 5.06. The first-order valence-electron chi connectivity index (χ1n) is 5.41. The van der Waals surface area contributed by atoms with Gasteiger partial charge in [-0.2, -0.15) is 0 Å². The predicted octanol–water partition coefficient (Wildman–Crippen LogP) is 1.69. The minimum atomic E-state index is -0.201. The Balaban J connectivity index is 2.74. The Morgan fingerprint density at radius 1 is 1.56 bits per heavy atom. The summed E-state index contributed by atoms with van der Waals surface area (Å²) < 4.78 is 5.13. The van der Waals surface area contributed by atoms with Gasteiger partial charge in [0.1, 0.15) is 0 Å². The van der Waals surface area contributed by atoms with Gasteiger partial charge in [0.25, 0.3) is 5.91 Å². The number of hydrogen-bond donors (Lipinski definition) is 2. The van der Waals surface area contributed by atoms with E-state index in [0.29, 0.717) is 12.3 Å². The molecule has 1 heterocycles. The largest absolute Gasteiger partial charge is 0.459 e. The third kappa shape index (κ3) is 2.85. The second kappa shape index (κ2) is 4.70. The zero-order chi connectivity index (χ0) is 12.3. The summed E-state index contributed by atoms with van der Waals surface area (Å²) in [6.45, 7) is 8.38. The van der Waals surface area contributed by atoms with Crippen LogP contribution < -0.4 is 11.1 Å². The fourth-order valence-corrected chi connectivity index (χ4v) is 1.46. The molecule has 90 valence electrons. The van der Waals surface area contributed by atoms with E-state index in [4.69, 9.17) is 10.2 Å². The summed E-state index contributed by atoms with van der Waals surface area (Å²) in [5.74, 6) is 0.163. The quantitative estimate of drug-likeness (QED) is 0.821. The van der Waals surface area contributed by atoms with E-state index in [1.54, 1.807) is 6.07 Å². The van der Waals surface area contributed by atoms with Gasteiger partial charge in [-0.25, -0.2) is 0 Å². The molecule has 1 aromatic rings. The molecule has 0 saturated carbocycles. The molecule has 0 fully saturated rings. The van der Waals surface area contributed by atoms with Gasteiger partial charge in [-0.05, 0) is 18.4 Å². The summed E-state index contributed by atoms with van der Waals surface area (Å²) in [5, 5.41) is 2.89. The molecule has 1 amide bonds. The summed E-state index contributed by atoms with van der Waals surface area (Å²) in [7, 11) is 0. The van der Waals surface area contributed by atoms with Crippen LogP contribution in [0.15, 0.2) is 16.7 Å². The van der Waals surface area contributed by atoms with Crippen molar-refractivity contribution in [1.82, 2.24) is 5.32 Å². The van der Waals surface area contributed by atoms with Gasteiger partial charge in [-0.15, -0.1) is 0 Å². The Hall–Kier alpha value is -1.29. The van der Waals surface area contributed by atoms with E-state index in [9.17, 15) is 4.79 Å². The molecule has 0 spiro atoms. The molecule has 1 atom stereocenters. The average Bonchev–Trinajstić information content (AvgIpc) is 2.58. The maximum atomic E-state index is 11.9. The summed E-state index contributed by atoms with van der Waals surface area (Å²) in [5.41, 5.74) is 6.42. The first-order valence-corrected chi connectivity index (χ1v) is 5.41. The van der Waals surface area contributed by atoms with Crippen LogP contribution in [0.2, 0.25) is 0 Å². The third-order valence-electron chi connectivity index (χ3n) is 2.65. The van der Waals surface area contributed by atoms with Crippen LogP contribution >= 0.6 is 0 Å². The van der Waals surface area contributed by atoms with Gasteiger partial charge in [0.05, 0.1) is 6.26 Å². The topological polar surface area (TPSA) is 68.3 Å². The molecule has 0 radical (unpaired) electrons. The maximum absolute atomic E-state index is 11.9. The number of rotatable bonds is 3. The maximum Gasteiger partial charge on any atom is 0.287 e. The SMILES string of the molecule is Cc1ccoc1C(=O)NC(CN)C(C)(C)C. The highest BCUT2D eigenvalue weighted by Crippen LogP contribution is 2.19. The lowest BCUT2D eigenvalue weighted by Gasteiger charge is -2.30. The van der Waals surface area contributed by atoms with Crippen LogP contribution in [-0.2, 0) is 0 Å². The molecule has 1 rings (SSSR count). The number of carbonyl (C=O) groups excluding carboxylic acids is 1. The molecular weight excluding hydrogens is 204 g/mol. The summed E-state index contributed by atoms with van der Waals surface area (Å²) >= 11 is 0. The van der Waals surface area contributed by atoms with Gasteiger partial charge in [0, 0.05) is 18.2 Å². The van der Waals surface area contributed by atoms with Gasteiger partial charge in [0.15, 0.2) is 5.76 Å². The molecule has 0 aromatic carbocycles. The van der Waals surface area contributed by atoms with E-state index >= 15 is 0 Å². The number of nitrogens with two attached hydrogens (primary N) is 1. The van der Waals surface area contributed by atoms with Crippen molar-refractivity contribution in [3.8, 4) is 0 Å². The van der Waals surface area contributed by atoms with Crippen LogP contribution in [0.4, 0.5) is 0 Å². The molecule has 3 N–H and O–H groups in total. The molecule has 1 unspecified atom stereocenters. The first kappa shape index (κ1) is 12.8. The Morgan fingerprint density at radius 3 is 2.56 bits per heavy atom. The molecule has 0 aliphatic heterocycles. The predicted molar refractivity (Wildman–Crippen MR) is 63.2 cm³/mol. The van der Waals surface area contributed by atoms with Crippen molar-refractivity contribution >= 4 is 5.91 Å². The minimum absolute atomic E-state index is 0.0646. The number of furan rings is 1. The number of hydrogen-bond acceptors (Lipinski definition) is 3. The highest BCUT2D eigenvalue weighted by molar-refractivity contribution is 5.93. The van der Waals surface area contributed by atoms with Crippen molar-refractivity contribution in [2.75, 3.05) is 6.54 Å². The summed E-state index contributed by atoms with van der Waals surface area (Å²) in [6.07, 6.45) is 1.51. The fraction of sp³-hybridized carbons (Fsp3) is 0.583. The summed E-state index contributed by atoms with van der Waals surface area (Å²) in [4.78, 5) is 11.9. The summed E-state index contributed by atoms with van der Waals surface area (Å²) in [6, 6.07) is 1.70. The van der Waals surface area contributed by atoms with Crippen molar-refractivity contribution in [2.45, 2.75) is 33.7 Å². The first-order chi connectivity index (χ1) is 7.36. The highest BCUT2D eigenvalue weighted by atomic mass is 16.3. The Morgan fingerprint density at radius 2 is 2.19 bits per heavy atom. The van der Waals surface area contributed by atoms with Crippen LogP contribution in [0.25, 0.3) is 0 Å². The van der Waals surface area contributed by atoms with Crippen molar-refractivity contribution in [3.05, 3.63) is 23.7 Å². The van der Waals surface area contributed by atoms with Crippen LogP contribution in [-0.4, -0.2) is 18.5 Å². The van der Waals surface area contributed by atoms with E-state index in [0.717, 1.165) is 5.56 Å². The highest BCUT2D eigenvalue weighted by Gasteiger charge is 2.26. The lowest BCUT2D eigenvalue weighted by atomic mass is 9.86. The Kier molecular flexibility index (Phi) is 3.75. The molecule has 0 saturated heterocycles. The van der Waals surface area contributed by atoms with E-state index in [1.807, 2.05) is 27.7 Å². The molecule has 0 aliphatic rings. The second-order valence-electron chi connectivity index (χ2n) is 5.06. The number of nitrogens with one attached hydrogen (secondary N) is 1. The van der Waals surface area contributed by atoms with Crippen LogP contribution in [0.1, 0.15) is 36.9 Å². The molecule has 0 bridgehead atoms. The lowest BCUT2D eigenvalue weighted by Crippen LogP contribution is -2.48. The van der Waals surface area contributed by atoms with E-state index < -0.39 is 0 Å². The number of amides is 1. The van der Waals surface area contributed by atoms with Gasteiger partial charge in [-0.1, -0.05) is 20.8 Å². The molecule has 1 aromatic heterocycles. The van der Waals surface area contributed by atoms with E-state index in [1.165, 1.54) is 6.26 Å². The van der Waals surface area contributed by atoms with Crippen LogP contribution in [0.5, 0.6) is 0 Å². The van der Waals surface area contributed by atoms with Crippen molar-refractivity contribution < 1.29 is 9.21 Å². The Labute approximate surface area is 96.2 Å². The van der Waals surface area contributed by atoms with E-state index in [2.05, 4.69) is 5.32 Å². The normalized spacial score (nSPS) is 13.6. The standard InChI is InChI=1S/C12H20N2O2/c1-8-5-6-16-10(8)11(15)14-9(7-13)12(2,3)4/h5-6,9H,7,13H2,1-4H3,(H,14,15). The van der Waals surface area contributed by atoms with Crippen molar-refractivity contribution in [3.63, 3.8) is 0 Å². The zero-order valence-corrected chi connectivity index (χ0v) is 10.3. The van der Waals surface area contributed by atoms with E-state index in [-0.39, 0.29) is 17.4 Å². The van der Waals surface area contributed by atoms with Crippen molar-refractivity contribution in [1.29, 1.82) is 0 Å². The van der Waals surface area contributed by atoms with Gasteiger partial charge < -0.3 is 15.5 Å². The zero-order valence-electron chi connectivity index (χ0n) is 10.3. The number of carbonyl (C=O) groups is 1. The minimum Gasteiger partial charge on any atom is -0.459 e. The van der Waals surface area contributed by atoms with Crippen molar-refractivity contribution in [2.24, 2.45) is 11.1 Å². The molecule has 0 aliphatic carbocycles. The van der Waals surface area contributed by atoms with Crippen LogP contribution in [0.3, 0.4) is 0 Å². The third-order valence-corrected chi connectivity index (χ3v) is 2.65. The molecule has 4 heteroatoms. The van der Waals surface area contributed by atoms with Gasteiger partial charge in [-0.3, -0.25) is 4.79 Å². The molecule has 4 nitrogen and oxygen atoms in total.